The fraction of sp³-hybridized carbons (Fsp3) is 0.0200. The van der Waals surface area contributed by atoms with Crippen molar-refractivity contribution in [2.24, 2.45) is 0 Å². The molecule has 2 aromatic heterocycles. The first-order chi connectivity index (χ1) is 26.8. The molecule has 4 heteroatoms. The monoisotopic (exact) mass is 689 g/mol. The van der Waals surface area contributed by atoms with Gasteiger partial charge in [-0.2, -0.15) is 0 Å². The van der Waals surface area contributed by atoms with Crippen LogP contribution < -0.4 is 4.74 Å². The van der Waals surface area contributed by atoms with Crippen LogP contribution in [0.3, 0.4) is 0 Å². The molecule has 252 valence electrons. The molecule has 1 aliphatic heterocycles. The van der Waals surface area contributed by atoms with Gasteiger partial charge in [-0.1, -0.05) is 158 Å². The van der Waals surface area contributed by atoms with Crippen LogP contribution in [0.5, 0.6) is 11.5 Å². The normalized spacial score (nSPS) is 14.9. The molecule has 1 unspecified atom stereocenters. The first-order valence-electron chi connectivity index (χ1n) is 18.3. The number of pyridine rings is 1. The number of aromatic nitrogens is 3. The molecule has 0 N–H and O–H groups in total. The third kappa shape index (κ3) is 4.47. The standard InChI is InChI=1S/C50H31N3O/c1-4-16-32(17-5-1)42-31-43(33-18-6-2-7-19-33)52-49(51-42)35-28-29-45-41(30-35)50(40-26-14-15-27-44(40)54-45)39-25-13-12-24-38(39)48-46(50)36-22-10-11-23-37(36)47(53-48)34-20-8-3-9-21-34/h1-31H. The van der Waals surface area contributed by atoms with Gasteiger partial charge in [-0.15, -0.1) is 0 Å². The Bertz CT molecular complexity index is 2850. The summed E-state index contributed by atoms with van der Waals surface area (Å²) in [6.07, 6.45) is 0. The highest BCUT2D eigenvalue weighted by Gasteiger charge is 2.53. The predicted octanol–water partition coefficient (Wildman–Crippen LogP) is 12.2. The molecule has 1 spiro atoms. The SMILES string of the molecule is c1ccc(-c2cc(-c3ccccc3)nc(-c3ccc4c(c3)C3(c5ccccc5O4)c4ccccc4-c4nc(-c5ccccc5)c5ccccc5c43)n2)cc1. The lowest BCUT2D eigenvalue weighted by atomic mass is 9.65. The Labute approximate surface area is 313 Å². The lowest BCUT2D eigenvalue weighted by Gasteiger charge is -2.40. The van der Waals surface area contributed by atoms with E-state index in [4.69, 9.17) is 19.7 Å². The van der Waals surface area contributed by atoms with Crippen molar-refractivity contribution >= 4 is 10.8 Å². The average Bonchev–Trinajstić information content (AvgIpc) is 3.55. The molecule has 0 radical (unpaired) electrons. The Kier molecular flexibility index (Phi) is 6.73. The van der Waals surface area contributed by atoms with E-state index in [0.717, 1.165) is 84.2 Å². The molecule has 0 saturated carbocycles. The molecule has 9 aromatic rings. The first kappa shape index (κ1) is 30.5. The summed E-state index contributed by atoms with van der Waals surface area (Å²) in [4.78, 5) is 16.0. The Morgan fingerprint density at radius 1 is 0.370 bits per heavy atom. The molecule has 0 bridgehead atoms. The second-order valence-corrected chi connectivity index (χ2v) is 13.9. The van der Waals surface area contributed by atoms with Gasteiger partial charge in [0, 0.05) is 49.9 Å². The molecule has 11 rings (SSSR count). The van der Waals surface area contributed by atoms with Crippen LogP contribution in [-0.4, -0.2) is 15.0 Å². The van der Waals surface area contributed by atoms with Gasteiger partial charge in [0.1, 0.15) is 11.5 Å². The van der Waals surface area contributed by atoms with E-state index < -0.39 is 5.41 Å². The number of fused-ring (bicyclic) bond motifs is 11. The van der Waals surface area contributed by atoms with Gasteiger partial charge in [0.05, 0.1) is 28.2 Å². The molecule has 7 aromatic carbocycles. The Hall–Kier alpha value is -7.17. The summed E-state index contributed by atoms with van der Waals surface area (Å²) in [6, 6.07) is 65.7. The summed E-state index contributed by atoms with van der Waals surface area (Å²) in [6.45, 7) is 0. The van der Waals surface area contributed by atoms with Gasteiger partial charge in [-0.25, -0.2) is 15.0 Å². The summed E-state index contributed by atoms with van der Waals surface area (Å²) in [5.41, 5.74) is 12.7. The minimum absolute atomic E-state index is 0.654. The summed E-state index contributed by atoms with van der Waals surface area (Å²) < 4.78 is 6.82. The van der Waals surface area contributed by atoms with Crippen LogP contribution in [-0.2, 0) is 5.41 Å². The van der Waals surface area contributed by atoms with Crippen molar-refractivity contribution in [1.29, 1.82) is 0 Å². The largest absolute Gasteiger partial charge is 0.457 e. The number of hydrogen-bond acceptors (Lipinski definition) is 4. The quantitative estimate of drug-likeness (QED) is 0.185. The van der Waals surface area contributed by atoms with Crippen LogP contribution in [0.15, 0.2) is 188 Å². The number of ether oxygens (including phenoxy) is 1. The molecule has 3 heterocycles. The van der Waals surface area contributed by atoms with E-state index in [1.807, 2.05) is 36.4 Å². The van der Waals surface area contributed by atoms with Gasteiger partial charge in [-0.3, -0.25) is 0 Å². The minimum Gasteiger partial charge on any atom is -0.457 e. The summed E-state index contributed by atoms with van der Waals surface area (Å²) in [5.74, 6) is 2.30. The van der Waals surface area contributed by atoms with Crippen molar-refractivity contribution in [1.82, 2.24) is 15.0 Å². The third-order valence-electron chi connectivity index (χ3n) is 10.9. The number of hydrogen-bond donors (Lipinski definition) is 0. The number of rotatable bonds is 4. The highest BCUT2D eigenvalue weighted by Crippen LogP contribution is 2.63. The Balaban J connectivity index is 1.23. The van der Waals surface area contributed by atoms with Crippen molar-refractivity contribution in [2.45, 2.75) is 5.41 Å². The smallest absolute Gasteiger partial charge is 0.160 e. The zero-order valence-corrected chi connectivity index (χ0v) is 29.1. The molecular weight excluding hydrogens is 659 g/mol. The van der Waals surface area contributed by atoms with E-state index in [-0.39, 0.29) is 0 Å². The number of nitrogens with zero attached hydrogens (tertiary/aromatic N) is 3. The van der Waals surface area contributed by atoms with Gasteiger partial charge in [0.25, 0.3) is 0 Å². The third-order valence-corrected chi connectivity index (χ3v) is 10.9. The van der Waals surface area contributed by atoms with Gasteiger partial charge in [0.2, 0.25) is 0 Å². The predicted molar refractivity (Wildman–Crippen MR) is 216 cm³/mol. The van der Waals surface area contributed by atoms with E-state index in [1.54, 1.807) is 0 Å². The minimum atomic E-state index is -0.729. The van der Waals surface area contributed by atoms with Gasteiger partial charge >= 0.3 is 0 Å². The van der Waals surface area contributed by atoms with Crippen LogP contribution in [0.2, 0.25) is 0 Å². The maximum Gasteiger partial charge on any atom is 0.160 e. The summed E-state index contributed by atoms with van der Waals surface area (Å²) in [7, 11) is 0. The lowest BCUT2D eigenvalue weighted by Crippen LogP contribution is -2.32. The van der Waals surface area contributed by atoms with Crippen molar-refractivity contribution < 1.29 is 4.74 Å². The molecular formula is C50H31N3O. The van der Waals surface area contributed by atoms with E-state index in [1.165, 1.54) is 10.9 Å². The van der Waals surface area contributed by atoms with Crippen LogP contribution in [0.1, 0.15) is 22.3 Å². The molecule has 4 nitrogen and oxygen atoms in total. The van der Waals surface area contributed by atoms with E-state index >= 15 is 0 Å². The fourth-order valence-electron chi connectivity index (χ4n) is 8.63. The maximum atomic E-state index is 6.82. The summed E-state index contributed by atoms with van der Waals surface area (Å²) in [5, 5.41) is 2.28. The molecule has 2 aliphatic rings. The lowest BCUT2D eigenvalue weighted by molar-refractivity contribution is 0.437. The van der Waals surface area contributed by atoms with Gasteiger partial charge in [-0.05, 0) is 41.3 Å². The highest BCUT2D eigenvalue weighted by molar-refractivity contribution is 6.05. The van der Waals surface area contributed by atoms with Crippen LogP contribution in [0.25, 0.3) is 67.2 Å². The zero-order chi connectivity index (χ0) is 35.6. The molecule has 0 fully saturated rings. The number of benzene rings is 7. The summed E-state index contributed by atoms with van der Waals surface area (Å²) >= 11 is 0. The molecule has 0 saturated heterocycles. The number of para-hydroxylation sites is 1. The van der Waals surface area contributed by atoms with Crippen LogP contribution in [0.4, 0.5) is 0 Å². The van der Waals surface area contributed by atoms with E-state index in [2.05, 4.69) is 152 Å². The average molecular weight is 690 g/mol. The van der Waals surface area contributed by atoms with Gasteiger partial charge in [0.15, 0.2) is 5.82 Å². The molecule has 1 aliphatic carbocycles. The van der Waals surface area contributed by atoms with Crippen molar-refractivity contribution in [2.75, 3.05) is 0 Å². The first-order valence-corrected chi connectivity index (χ1v) is 18.3. The van der Waals surface area contributed by atoms with Crippen molar-refractivity contribution in [3.05, 3.63) is 210 Å². The zero-order valence-electron chi connectivity index (χ0n) is 29.1. The van der Waals surface area contributed by atoms with Crippen LogP contribution in [0, 0.1) is 0 Å². The molecule has 0 amide bonds. The van der Waals surface area contributed by atoms with Gasteiger partial charge < -0.3 is 4.74 Å². The van der Waals surface area contributed by atoms with E-state index in [0.29, 0.717) is 5.82 Å². The Morgan fingerprint density at radius 2 is 0.926 bits per heavy atom. The highest BCUT2D eigenvalue weighted by atomic mass is 16.5. The maximum absolute atomic E-state index is 6.82. The fourth-order valence-corrected chi connectivity index (χ4v) is 8.63. The Morgan fingerprint density at radius 3 is 1.63 bits per heavy atom. The topological polar surface area (TPSA) is 47.9 Å². The molecule has 54 heavy (non-hydrogen) atoms. The van der Waals surface area contributed by atoms with E-state index in [9.17, 15) is 0 Å². The second kappa shape index (κ2) is 11.9. The molecule has 1 atom stereocenters. The van der Waals surface area contributed by atoms with Crippen molar-refractivity contribution in [3.8, 4) is 67.9 Å². The van der Waals surface area contributed by atoms with Crippen LogP contribution >= 0.6 is 0 Å². The van der Waals surface area contributed by atoms with Crippen molar-refractivity contribution in [3.63, 3.8) is 0 Å². The second-order valence-electron chi connectivity index (χ2n) is 13.9.